The molecular formula is C20H21AsPbS2. The van der Waals surface area contributed by atoms with E-state index in [0.717, 1.165) is 0 Å². The summed E-state index contributed by atoms with van der Waals surface area (Å²) in [7, 11) is 3.92. The average molecular weight is 608 g/mol. The first kappa shape index (κ1) is 18.5. The third kappa shape index (κ3) is 4.09. The zero-order valence-electron chi connectivity index (χ0n) is 13.9. The van der Waals surface area contributed by atoms with Crippen LogP contribution in [0.4, 0.5) is 0 Å². The Kier molecular flexibility index (Phi) is 6.12. The molecule has 0 radical (unpaired) electrons. The molecule has 0 aliphatic carbocycles. The Hall–Kier alpha value is -0.289. The maximum atomic E-state index is 6.02. The molecule has 3 aromatic carbocycles. The van der Waals surface area contributed by atoms with E-state index in [1.165, 1.54) is 9.37 Å². The first-order valence-electron chi connectivity index (χ1n) is 7.95. The van der Waals surface area contributed by atoms with Crippen LogP contribution in [0.5, 0.6) is 0 Å². The van der Waals surface area contributed by atoms with E-state index < -0.39 is 30.4 Å². The molecule has 0 atom stereocenters. The second kappa shape index (κ2) is 7.94. The van der Waals surface area contributed by atoms with Crippen LogP contribution in [0.15, 0.2) is 91.0 Å². The van der Waals surface area contributed by atoms with E-state index in [1.54, 1.807) is 0 Å². The molecule has 4 heteroatoms. The number of rotatable bonds is 5. The Labute approximate surface area is 157 Å². The van der Waals surface area contributed by atoms with Crippen molar-refractivity contribution in [1.82, 2.24) is 0 Å². The Morgan fingerprint density at radius 1 is 0.625 bits per heavy atom. The molecule has 0 amide bonds. The third-order valence-corrected chi connectivity index (χ3v) is 82.1. The summed E-state index contributed by atoms with van der Waals surface area (Å²) in [6.45, 7) is 2.22. The molecule has 0 fully saturated rings. The first-order chi connectivity index (χ1) is 11.5. The van der Waals surface area contributed by atoms with Gasteiger partial charge in [0, 0.05) is 0 Å². The quantitative estimate of drug-likeness (QED) is 0.398. The summed E-state index contributed by atoms with van der Waals surface area (Å²) in [5.74, 6) is 0. The van der Waals surface area contributed by atoms with Crippen LogP contribution in [-0.2, 0) is 0 Å². The van der Waals surface area contributed by atoms with Gasteiger partial charge in [0.15, 0.2) is 0 Å². The van der Waals surface area contributed by atoms with Crippen molar-refractivity contribution < 1.29 is 0 Å². The summed E-state index contributed by atoms with van der Waals surface area (Å²) >= 11 is -3.32. The van der Waals surface area contributed by atoms with Crippen molar-refractivity contribution in [3.8, 4) is 0 Å². The van der Waals surface area contributed by atoms with Crippen LogP contribution < -0.4 is 9.37 Å². The molecule has 3 aromatic rings. The zero-order valence-corrected chi connectivity index (χ0v) is 21.3. The molecule has 0 aliphatic heterocycles. The Morgan fingerprint density at radius 3 is 1.17 bits per heavy atom. The molecule has 0 saturated heterocycles. The van der Waals surface area contributed by atoms with Crippen LogP contribution >= 0.6 is 17.0 Å². The third-order valence-electron chi connectivity index (χ3n) is 3.90. The number of hydrogen-bond donors (Lipinski definition) is 0. The van der Waals surface area contributed by atoms with Crippen molar-refractivity contribution in [3.05, 3.63) is 91.0 Å². The van der Waals surface area contributed by atoms with Crippen LogP contribution in [0.2, 0.25) is 11.4 Å². The second-order valence-corrected chi connectivity index (χ2v) is 51.9. The number of benzene rings is 3. The summed E-state index contributed by atoms with van der Waals surface area (Å²) in [5.41, 5.74) is 4.67. The van der Waals surface area contributed by atoms with Gasteiger partial charge in [-0.25, -0.2) is 0 Å². The minimum atomic E-state index is -3.32. The van der Waals surface area contributed by atoms with Gasteiger partial charge in [0.05, 0.1) is 0 Å². The van der Waals surface area contributed by atoms with Crippen LogP contribution in [0.1, 0.15) is 0 Å². The molecule has 0 N–H and O–H groups in total. The molecule has 0 spiro atoms. The summed E-state index contributed by atoms with van der Waals surface area (Å²) in [4.78, 5) is 0. The Bertz CT molecular complexity index is 733. The van der Waals surface area contributed by atoms with Crippen LogP contribution in [0.25, 0.3) is 0 Å². The molecule has 24 heavy (non-hydrogen) atoms. The molecule has 3 rings (SSSR count). The van der Waals surface area contributed by atoms with Crippen molar-refractivity contribution >= 4 is 56.7 Å². The van der Waals surface area contributed by atoms with Gasteiger partial charge in [0.1, 0.15) is 0 Å². The molecule has 0 unspecified atom stereocenters. The molecule has 0 nitrogen and oxygen atoms in total. The van der Waals surface area contributed by atoms with E-state index >= 15 is 0 Å². The Morgan fingerprint density at radius 2 is 0.917 bits per heavy atom. The van der Waals surface area contributed by atoms with Gasteiger partial charge in [-0.05, 0) is 0 Å². The van der Waals surface area contributed by atoms with Gasteiger partial charge in [-0.3, -0.25) is 0 Å². The molecule has 0 saturated carbocycles. The topological polar surface area (TPSA) is 0 Å². The normalized spacial score (nSPS) is 12.1. The monoisotopic (exact) mass is 608 g/mol. The van der Waals surface area contributed by atoms with Crippen molar-refractivity contribution in [2.45, 2.75) is 11.4 Å². The van der Waals surface area contributed by atoms with E-state index in [4.69, 9.17) is 10.4 Å². The fourth-order valence-electron chi connectivity index (χ4n) is 3.01. The van der Waals surface area contributed by atoms with E-state index in [-0.39, 0.29) is 0 Å². The van der Waals surface area contributed by atoms with E-state index in [2.05, 4.69) is 109 Å². The van der Waals surface area contributed by atoms with Gasteiger partial charge in [0.25, 0.3) is 0 Å². The van der Waals surface area contributed by atoms with Gasteiger partial charge >= 0.3 is 159 Å². The molecular weight excluding hydrogens is 586 g/mol. The van der Waals surface area contributed by atoms with Crippen LogP contribution in [-0.4, -0.2) is 30.4 Å². The average Bonchev–Trinajstić information content (AvgIpc) is 2.61. The molecule has 0 aromatic heterocycles. The van der Waals surface area contributed by atoms with Gasteiger partial charge < -0.3 is 0 Å². The molecule has 0 heterocycles. The van der Waals surface area contributed by atoms with E-state index in [0.29, 0.717) is 0 Å². The maximum absolute atomic E-state index is 6.02. The van der Waals surface area contributed by atoms with Gasteiger partial charge in [-0.1, -0.05) is 0 Å². The van der Waals surface area contributed by atoms with Crippen molar-refractivity contribution in [2.75, 3.05) is 0 Å². The van der Waals surface area contributed by atoms with Crippen molar-refractivity contribution in [3.63, 3.8) is 0 Å². The summed E-state index contributed by atoms with van der Waals surface area (Å²) in [5, 5.41) is 0. The predicted molar refractivity (Wildman–Crippen MR) is 117 cm³/mol. The molecule has 0 bridgehead atoms. The standard InChI is InChI=1S/3C6H5.C2H7AsS2.Pb/c3*1-2-4-6-5-3-1;1-3(2,4)5;/h3*1-5H;1-2H3,(H,4,5);/q;;;;+1/p-1. The van der Waals surface area contributed by atoms with Crippen LogP contribution in [0.3, 0.4) is 0 Å². The van der Waals surface area contributed by atoms with Gasteiger partial charge in [0.2, 0.25) is 0 Å². The van der Waals surface area contributed by atoms with E-state index in [9.17, 15) is 0 Å². The van der Waals surface area contributed by atoms with Crippen molar-refractivity contribution in [2.24, 2.45) is 0 Å². The predicted octanol–water partition coefficient (Wildman–Crippen LogP) is 4.29. The zero-order chi connectivity index (χ0) is 17.0. The fourth-order valence-corrected chi connectivity index (χ4v) is 99.7. The van der Waals surface area contributed by atoms with Crippen molar-refractivity contribution in [1.29, 1.82) is 0 Å². The molecule has 122 valence electrons. The first-order valence-corrected chi connectivity index (χ1v) is 28.0. The van der Waals surface area contributed by atoms with Gasteiger partial charge in [-0.15, -0.1) is 0 Å². The summed E-state index contributed by atoms with van der Waals surface area (Å²) in [6, 6.07) is 33.4. The van der Waals surface area contributed by atoms with E-state index in [1.807, 2.05) is 0 Å². The SMILES string of the molecule is C[As](C)(=S)[S][Pb]([c]1ccccc1)([c]1ccccc1)[c]1ccccc1. The summed E-state index contributed by atoms with van der Waals surface area (Å²) in [6.07, 6.45) is 0. The van der Waals surface area contributed by atoms with Crippen LogP contribution in [0, 0.1) is 0 Å². The minimum absolute atomic E-state index is 1.52. The van der Waals surface area contributed by atoms with Gasteiger partial charge in [-0.2, -0.15) is 0 Å². The Balaban J connectivity index is 2.35. The summed E-state index contributed by atoms with van der Waals surface area (Å²) < 4.78 is 4.56. The molecule has 0 aliphatic rings. The fraction of sp³-hybridized carbons (Fsp3) is 0.100. The second-order valence-electron chi connectivity index (χ2n) is 6.12. The number of hydrogen-bond acceptors (Lipinski definition) is 2.